The summed E-state index contributed by atoms with van der Waals surface area (Å²) in [6, 6.07) is 7.78. The SMILES string of the molecule is CCNC(c1cc2cc(Cl)ccc2o1)C(CC)(CC)OC. The van der Waals surface area contributed by atoms with E-state index in [4.69, 9.17) is 20.8 Å². The van der Waals surface area contributed by atoms with Crippen LogP contribution in [0.5, 0.6) is 0 Å². The monoisotopic (exact) mass is 309 g/mol. The summed E-state index contributed by atoms with van der Waals surface area (Å²) in [5, 5.41) is 5.26. The molecule has 2 rings (SSSR count). The Morgan fingerprint density at radius 3 is 2.52 bits per heavy atom. The van der Waals surface area contributed by atoms with Gasteiger partial charge < -0.3 is 14.5 Å². The summed E-state index contributed by atoms with van der Waals surface area (Å²) in [6.07, 6.45) is 1.82. The number of furan rings is 1. The maximum atomic E-state index is 6.06. The first-order valence-corrected chi connectivity index (χ1v) is 7.95. The number of hydrogen-bond acceptors (Lipinski definition) is 3. The average molecular weight is 310 g/mol. The number of likely N-dealkylation sites (N-methyl/N-ethyl adjacent to an activating group) is 1. The standard InChI is InChI=1S/C17H24ClNO2/c1-5-17(6-2,20-4)16(19-7-3)15-11-12-10-13(18)8-9-14(12)21-15/h8-11,16,19H,5-7H2,1-4H3. The van der Waals surface area contributed by atoms with Crippen LogP contribution in [0.25, 0.3) is 11.0 Å². The number of rotatable bonds is 7. The molecule has 0 radical (unpaired) electrons. The molecule has 21 heavy (non-hydrogen) atoms. The summed E-state index contributed by atoms with van der Waals surface area (Å²) in [6.45, 7) is 7.25. The van der Waals surface area contributed by atoms with Gasteiger partial charge in [-0.3, -0.25) is 0 Å². The Balaban J connectivity index is 2.48. The molecule has 3 nitrogen and oxygen atoms in total. The number of benzene rings is 1. The molecule has 0 fully saturated rings. The van der Waals surface area contributed by atoms with E-state index < -0.39 is 0 Å². The Morgan fingerprint density at radius 2 is 1.95 bits per heavy atom. The van der Waals surface area contributed by atoms with E-state index in [0.717, 1.165) is 41.1 Å². The number of nitrogens with one attached hydrogen (secondary N) is 1. The zero-order valence-electron chi connectivity index (χ0n) is 13.2. The summed E-state index contributed by atoms with van der Waals surface area (Å²) in [5.74, 6) is 0.902. The third kappa shape index (κ3) is 3.10. The van der Waals surface area contributed by atoms with Crippen molar-refractivity contribution in [2.75, 3.05) is 13.7 Å². The first-order valence-electron chi connectivity index (χ1n) is 7.57. The Bertz CT molecular complexity index is 581. The van der Waals surface area contributed by atoms with E-state index in [1.54, 1.807) is 7.11 Å². The molecule has 1 atom stereocenters. The molecule has 1 aromatic heterocycles. The Kier molecular flexibility index (Phi) is 5.31. The summed E-state index contributed by atoms with van der Waals surface area (Å²) in [7, 11) is 1.77. The number of halogens is 1. The molecule has 0 spiro atoms. The van der Waals surface area contributed by atoms with Gasteiger partial charge in [0.1, 0.15) is 11.3 Å². The minimum absolute atomic E-state index is 0.0219. The fourth-order valence-corrected chi connectivity index (χ4v) is 3.17. The van der Waals surface area contributed by atoms with Gasteiger partial charge in [-0.15, -0.1) is 0 Å². The molecule has 1 aromatic carbocycles. The van der Waals surface area contributed by atoms with Crippen molar-refractivity contribution in [1.29, 1.82) is 0 Å². The predicted octanol–water partition coefficient (Wildman–Crippen LogP) is 4.94. The molecule has 0 aliphatic rings. The van der Waals surface area contributed by atoms with E-state index in [2.05, 4.69) is 32.2 Å². The molecule has 1 unspecified atom stereocenters. The summed E-state index contributed by atoms with van der Waals surface area (Å²) < 4.78 is 11.9. The van der Waals surface area contributed by atoms with E-state index in [-0.39, 0.29) is 11.6 Å². The Morgan fingerprint density at radius 1 is 1.24 bits per heavy atom. The maximum Gasteiger partial charge on any atom is 0.134 e. The number of hydrogen-bond donors (Lipinski definition) is 1. The van der Waals surface area contributed by atoms with Crippen LogP contribution < -0.4 is 5.32 Å². The third-order valence-corrected chi connectivity index (χ3v) is 4.55. The van der Waals surface area contributed by atoms with Crippen molar-refractivity contribution in [3.8, 4) is 0 Å². The van der Waals surface area contributed by atoms with Crippen molar-refractivity contribution in [3.05, 3.63) is 35.0 Å². The molecule has 0 saturated carbocycles. The normalized spacial score (nSPS) is 13.8. The van der Waals surface area contributed by atoms with E-state index >= 15 is 0 Å². The molecule has 0 aliphatic carbocycles. The van der Waals surface area contributed by atoms with Gasteiger partial charge >= 0.3 is 0 Å². The molecule has 1 N–H and O–H groups in total. The molecule has 0 saturated heterocycles. The molecule has 2 aromatic rings. The molecular formula is C17H24ClNO2. The second-order valence-electron chi connectivity index (χ2n) is 5.30. The van der Waals surface area contributed by atoms with Gasteiger partial charge in [0, 0.05) is 17.5 Å². The van der Waals surface area contributed by atoms with Crippen LogP contribution >= 0.6 is 11.6 Å². The molecular weight excluding hydrogens is 286 g/mol. The van der Waals surface area contributed by atoms with Crippen LogP contribution in [-0.2, 0) is 4.74 Å². The number of methoxy groups -OCH3 is 1. The summed E-state index contributed by atoms with van der Waals surface area (Å²) in [5.41, 5.74) is 0.586. The van der Waals surface area contributed by atoms with Gasteiger partial charge in [0.05, 0.1) is 11.6 Å². The second-order valence-corrected chi connectivity index (χ2v) is 5.73. The van der Waals surface area contributed by atoms with Crippen molar-refractivity contribution in [2.45, 2.75) is 45.3 Å². The maximum absolute atomic E-state index is 6.06. The van der Waals surface area contributed by atoms with Crippen LogP contribution in [0.3, 0.4) is 0 Å². The zero-order valence-corrected chi connectivity index (χ0v) is 14.0. The Labute approximate surface area is 131 Å². The third-order valence-electron chi connectivity index (χ3n) is 4.32. The highest BCUT2D eigenvalue weighted by molar-refractivity contribution is 6.31. The predicted molar refractivity (Wildman–Crippen MR) is 88.0 cm³/mol. The van der Waals surface area contributed by atoms with Gasteiger partial charge in [-0.05, 0) is 43.7 Å². The van der Waals surface area contributed by atoms with E-state index in [1.165, 1.54) is 0 Å². The largest absolute Gasteiger partial charge is 0.459 e. The van der Waals surface area contributed by atoms with Gasteiger partial charge in [-0.2, -0.15) is 0 Å². The average Bonchev–Trinajstić information content (AvgIpc) is 2.91. The van der Waals surface area contributed by atoms with Gasteiger partial charge in [0.2, 0.25) is 0 Å². The highest BCUT2D eigenvalue weighted by atomic mass is 35.5. The van der Waals surface area contributed by atoms with Gasteiger partial charge in [-0.25, -0.2) is 0 Å². The van der Waals surface area contributed by atoms with Crippen LogP contribution in [0.2, 0.25) is 5.02 Å². The van der Waals surface area contributed by atoms with Crippen LogP contribution in [0, 0.1) is 0 Å². The van der Waals surface area contributed by atoms with Crippen LogP contribution in [0.1, 0.15) is 45.4 Å². The molecule has 0 aliphatic heterocycles. The molecule has 116 valence electrons. The highest BCUT2D eigenvalue weighted by Crippen LogP contribution is 2.37. The molecule has 0 amide bonds. The van der Waals surface area contributed by atoms with E-state index in [0.29, 0.717) is 0 Å². The van der Waals surface area contributed by atoms with Crippen molar-refractivity contribution < 1.29 is 9.15 Å². The van der Waals surface area contributed by atoms with Crippen molar-refractivity contribution in [1.82, 2.24) is 5.32 Å². The lowest BCUT2D eigenvalue weighted by molar-refractivity contribution is -0.0529. The van der Waals surface area contributed by atoms with Gasteiger partial charge in [0.15, 0.2) is 0 Å². The van der Waals surface area contributed by atoms with E-state index in [9.17, 15) is 0 Å². The fourth-order valence-electron chi connectivity index (χ4n) is 2.99. The first kappa shape index (κ1) is 16.3. The lowest BCUT2D eigenvalue weighted by atomic mass is 9.86. The van der Waals surface area contributed by atoms with Crippen LogP contribution in [0.15, 0.2) is 28.7 Å². The topological polar surface area (TPSA) is 34.4 Å². The molecule has 0 bridgehead atoms. The van der Waals surface area contributed by atoms with E-state index in [1.807, 2.05) is 18.2 Å². The summed E-state index contributed by atoms with van der Waals surface area (Å²) in [4.78, 5) is 0. The van der Waals surface area contributed by atoms with Crippen LogP contribution in [-0.4, -0.2) is 19.3 Å². The van der Waals surface area contributed by atoms with Gasteiger partial charge in [-0.1, -0.05) is 32.4 Å². The Hall–Kier alpha value is -1.03. The van der Waals surface area contributed by atoms with Crippen LogP contribution in [0.4, 0.5) is 0 Å². The molecule has 4 heteroatoms. The fraction of sp³-hybridized carbons (Fsp3) is 0.529. The molecule has 1 heterocycles. The van der Waals surface area contributed by atoms with Crippen molar-refractivity contribution in [2.24, 2.45) is 0 Å². The number of fused-ring (bicyclic) bond motifs is 1. The quantitative estimate of drug-likeness (QED) is 0.786. The van der Waals surface area contributed by atoms with Gasteiger partial charge in [0.25, 0.3) is 0 Å². The number of ether oxygens (including phenoxy) is 1. The first-order chi connectivity index (χ1) is 10.1. The smallest absolute Gasteiger partial charge is 0.134 e. The highest BCUT2D eigenvalue weighted by Gasteiger charge is 2.38. The lowest BCUT2D eigenvalue weighted by Gasteiger charge is -2.37. The zero-order chi connectivity index (χ0) is 15.5. The minimum Gasteiger partial charge on any atom is -0.459 e. The second kappa shape index (κ2) is 6.82. The summed E-state index contributed by atoms with van der Waals surface area (Å²) >= 11 is 6.06. The van der Waals surface area contributed by atoms with Crippen molar-refractivity contribution in [3.63, 3.8) is 0 Å². The minimum atomic E-state index is -0.270. The lowest BCUT2D eigenvalue weighted by Crippen LogP contribution is -2.44. The van der Waals surface area contributed by atoms with Crippen molar-refractivity contribution >= 4 is 22.6 Å².